The first-order chi connectivity index (χ1) is 8.69. The van der Waals surface area contributed by atoms with E-state index in [1.807, 2.05) is 32.7 Å². The molecule has 0 saturated carbocycles. The number of likely N-dealkylation sites (N-methyl/N-ethyl adjacent to an activating group) is 2. The summed E-state index contributed by atoms with van der Waals surface area (Å²) in [4.78, 5) is 23.8. The van der Waals surface area contributed by atoms with E-state index >= 15 is 0 Å². The molecule has 0 spiro atoms. The third kappa shape index (κ3) is 10.6. The van der Waals surface area contributed by atoms with Crippen LogP contribution in [0.2, 0.25) is 0 Å². The van der Waals surface area contributed by atoms with Crippen LogP contribution in [0.4, 0.5) is 13.2 Å². The molecule has 0 saturated heterocycles. The Morgan fingerprint density at radius 3 is 1.70 bits per heavy atom. The van der Waals surface area contributed by atoms with E-state index in [1.54, 1.807) is 0 Å². The predicted octanol–water partition coefficient (Wildman–Crippen LogP) is 0.269. The van der Waals surface area contributed by atoms with E-state index < -0.39 is 12.1 Å². The Morgan fingerprint density at radius 2 is 1.50 bits per heavy atom. The molecule has 0 aliphatic heterocycles. The molecular weight excluding hydrogens is 277 g/mol. The highest BCUT2D eigenvalue weighted by Crippen LogP contribution is 2.15. The van der Waals surface area contributed by atoms with Crippen LogP contribution in [0.15, 0.2) is 0 Å². The second-order valence-electron chi connectivity index (χ2n) is 5.74. The molecule has 2 N–H and O–H groups in total. The molecule has 8 heteroatoms. The number of quaternary nitrogens is 1. The highest BCUT2D eigenvalue weighted by molar-refractivity contribution is 5.81. The maximum Gasteiger partial charge on any atom is 0.490 e. The van der Waals surface area contributed by atoms with E-state index in [2.05, 4.69) is 14.1 Å². The molecular formula is C12H24F3N2O3+. The van der Waals surface area contributed by atoms with Crippen molar-refractivity contribution in [2.75, 3.05) is 34.2 Å². The van der Waals surface area contributed by atoms with Crippen molar-refractivity contribution in [3.05, 3.63) is 0 Å². The van der Waals surface area contributed by atoms with Crippen molar-refractivity contribution in [2.45, 2.75) is 26.9 Å². The minimum absolute atomic E-state index is 0.216. The van der Waals surface area contributed by atoms with E-state index in [-0.39, 0.29) is 11.3 Å². The first-order valence-electron chi connectivity index (χ1n) is 6.04. The van der Waals surface area contributed by atoms with Gasteiger partial charge in [-0.15, -0.1) is 0 Å². The quantitative estimate of drug-likeness (QED) is 0.786. The molecule has 120 valence electrons. The van der Waals surface area contributed by atoms with Gasteiger partial charge in [0.1, 0.15) is 0 Å². The number of carbonyl (C=O) groups is 2. The van der Waals surface area contributed by atoms with Gasteiger partial charge in [-0.2, -0.15) is 13.2 Å². The van der Waals surface area contributed by atoms with E-state index in [0.717, 1.165) is 13.1 Å². The van der Waals surface area contributed by atoms with Crippen LogP contribution in [0.1, 0.15) is 20.8 Å². The molecule has 1 amide bonds. The first-order valence-corrected chi connectivity index (χ1v) is 6.04. The Labute approximate surface area is 117 Å². The molecule has 0 heterocycles. The number of nitrogens with one attached hydrogen (secondary N) is 1. The average Bonchev–Trinajstić information content (AvgIpc) is 2.22. The summed E-state index contributed by atoms with van der Waals surface area (Å²) in [5.41, 5.74) is -0.254. The number of nitrogens with zero attached hydrogens (tertiary/aromatic N) is 1. The fraction of sp³-hybridized carbons (Fsp3) is 0.833. The van der Waals surface area contributed by atoms with Crippen molar-refractivity contribution < 1.29 is 32.8 Å². The standard InChI is InChI=1S/C10H22N2O.C2HF3O2/c1-10(2,3)9(13)12(6)8-7-11(4)5;3-2(4,5)1(6)7/h7-8H2,1-6H3;(H,6,7)/p+1. The van der Waals surface area contributed by atoms with Crippen molar-refractivity contribution in [3.8, 4) is 0 Å². The van der Waals surface area contributed by atoms with Crippen LogP contribution in [0.3, 0.4) is 0 Å². The zero-order valence-corrected chi connectivity index (χ0v) is 12.8. The summed E-state index contributed by atoms with van der Waals surface area (Å²) < 4.78 is 31.7. The van der Waals surface area contributed by atoms with Crippen molar-refractivity contribution in [1.29, 1.82) is 0 Å². The Kier molecular flexibility index (Phi) is 8.49. The van der Waals surface area contributed by atoms with E-state index in [4.69, 9.17) is 9.90 Å². The van der Waals surface area contributed by atoms with Gasteiger partial charge in [0.15, 0.2) is 0 Å². The monoisotopic (exact) mass is 301 g/mol. The van der Waals surface area contributed by atoms with Gasteiger partial charge in [0.2, 0.25) is 5.91 Å². The van der Waals surface area contributed by atoms with Crippen LogP contribution in [-0.4, -0.2) is 62.3 Å². The van der Waals surface area contributed by atoms with Gasteiger partial charge in [0.05, 0.1) is 27.2 Å². The lowest BCUT2D eigenvalue weighted by Crippen LogP contribution is -3.06. The maximum absolute atomic E-state index is 11.7. The summed E-state index contributed by atoms with van der Waals surface area (Å²) in [7, 11) is 6.06. The van der Waals surface area contributed by atoms with E-state index in [9.17, 15) is 18.0 Å². The van der Waals surface area contributed by atoms with Gasteiger partial charge in [0.25, 0.3) is 0 Å². The fourth-order valence-electron chi connectivity index (χ4n) is 1.07. The van der Waals surface area contributed by atoms with Crippen molar-refractivity contribution in [1.82, 2.24) is 4.90 Å². The lowest BCUT2D eigenvalue weighted by atomic mass is 9.95. The summed E-state index contributed by atoms with van der Waals surface area (Å²) in [6.45, 7) is 7.69. The summed E-state index contributed by atoms with van der Waals surface area (Å²) in [5.74, 6) is -2.54. The van der Waals surface area contributed by atoms with Crippen LogP contribution >= 0.6 is 0 Å². The zero-order valence-electron chi connectivity index (χ0n) is 12.8. The molecule has 0 bridgehead atoms. The van der Waals surface area contributed by atoms with E-state index in [1.165, 1.54) is 4.90 Å². The Hall–Kier alpha value is -1.31. The largest absolute Gasteiger partial charge is 0.490 e. The van der Waals surface area contributed by atoms with Crippen LogP contribution in [0.25, 0.3) is 0 Å². The third-order valence-corrected chi connectivity index (χ3v) is 2.18. The smallest absolute Gasteiger partial charge is 0.475 e. The minimum atomic E-state index is -5.08. The van der Waals surface area contributed by atoms with Gasteiger partial charge < -0.3 is 14.9 Å². The number of amides is 1. The zero-order chi connectivity index (χ0) is 16.7. The number of aliphatic carboxylic acids is 1. The predicted molar refractivity (Wildman–Crippen MR) is 68.5 cm³/mol. The molecule has 0 unspecified atom stereocenters. The topological polar surface area (TPSA) is 62.0 Å². The molecule has 0 aliphatic carbocycles. The normalized spacial score (nSPS) is 11.7. The average molecular weight is 301 g/mol. The molecule has 0 aromatic rings. The molecule has 0 aromatic heterocycles. The summed E-state index contributed by atoms with van der Waals surface area (Å²) in [6, 6.07) is 0. The first kappa shape index (κ1) is 21.0. The maximum atomic E-state index is 11.7. The van der Waals surface area contributed by atoms with Crippen LogP contribution in [-0.2, 0) is 9.59 Å². The minimum Gasteiger partial charge on any atom is -0.475 e. The number of carboxylic acids is 1. The number of carboxylic acid groups (broad SMARTS) is 1. The molecule has 0 atom stereocenters. The molecule has 5 nitrogen and oxygen atoms in total. The number of hydrogen-bond donors (Lipinski definition) is 2. The molecule has 0 rings (SSSR count). The molecule has 0 radical (unpaired) electrons. The van der Waals surface area contributed by atoms with Crippen molar-refractivity contribution >= 4 is 11.9 Å². The summed E-state index contributed by atoms with van der Waals surface area (Å²) in [5, 5.41) is 7.12. The molecule has 0 aliphatic rings. The Balaban J connectivity index is 0. The lowest BCUT2D eigenvalue weighted by Gasteiger charge is -2.26. The fourth-order valence-corrected chi connectivity index (χ4v) is 1.07. The molecule has 0 fully saturated rings. The summed E-state index contributed by atoms with van der Waals surface area (Å²) in [6.07, 6.45) is -5.08. The number of hydrogen-bond acceptors (Lipinski definition) is 2. The van der Waals surface area contributed by atoms with Gasteiger partial charge >= 0.3 is 12.1 Å². The Bertz CT molecular complexity index is 323. The number of halogens is 3. The number of alkyl halides is 3. The molecule has 20 heavy (non-hydrogen) atoms. The number of rotatable bonds is 3. The highest BCUT2D eigenvalue weighted by Gasteiger charge is 2.38. The third-order valence-electron chi connectivity index (χ3n) is 2.18. The Morgan fingerprint density at radius 1 is 1.15 bits per heavy atom. The van der Waals surface area contributed by atoms with Gasteiger partial charge in [0, 0.05) is 12.5 Å². The number of carbonyl (C=O) groups excluding carboxylic acids is 1. The molecule has 0 aromatic carbocycles. The van der Waals surface area contributed by atoms with Gasteiger partial charge in [-0.05, 0) is 0 Å². The second kappa shape index (κ2) is 8.08. The highest BCUT2D eigenvalue weighted by atomic mass is 19.4. The van der Waals surface area contributed by atoms with Gasteiger partial charge in [-0.1, -0.05) is 20.8 Å². The second-order valence-corrected chi connectivity index (χ2v) is 5.74. The van der Waals surface area contributed by atoms with Crippen LogP contribution in [0.5, 0.6) is 0 Å². The lowest BCUT2D eigenvalue weighted by molar-refractivity contribution is -0.857. The van der Waals surface area contributed by atoms with Crippen molar-refractivity contribution in [3.63, 3.8) is 0 Å². The summed E-state index contributed by atoms with van der Waals surface area (Å²) >= 11 is 0. The van der Waals surface area contributed by atoms with E-state index in [0.29, 0.717) is 0 Å². The SMILES string of the molecule is CN(CC[NH+](C)C)C(=O)C(C)(C)C.O=C(O)C(F)(F)F. The van der Waals surface area contributed by atoms with Gasteiger partial charge in [-0.3, -0.25) is 4.79 Å². The van der Waals surface area contributed by atoms with Crippen LogP contribution in [0, 0.1) is 5.41 Å². The van der Waals surface area contributed by atoms with Gasteiger partial charge in [-0.25, -0.2) is 4.79 Å². The van der Waals surface area contributed by atoms with Crippen molar-refractivity contribution in [2.24, 2.45) is 5.41 Å². The van der Waals surface area contributed by atoms with Crippen LogP contribution < -0.4 is 4.90 Å².